The Hall–Kier alpha value is -1.38. The molecule has 0 unspecified atom stereocenters. The van der Waals surface area contributed by atoms with E-state index in [1.807, 2.05) is 0 Å². The predicted molar refractivity (Wildman–Crippen MR) is 79.8 cm³/mol. The summed E-state index contributed by atoms with van der Waals surface area (Å²) in [5, 5.41) is 9.01. The van der Waals surface area contributed by atoms with Crippen molar-refractivity contribution in [3.63, 3.8) is 0 Å². The first-order valence-corrected chi connectivity index (χ1v) is 7.35. The van der Waals surface area contributed by atoms with E-state index in [2.05, 4.69) is 6.92 Å². The van der Waals surface area contributed by atoms with Crippen LogP contribution in [0.25, 0.3) is 0 Å². The van der Waals surface area contributed by atoms with Gasteiger partial charge in [0.1, 0.15) is 0 Å². The average molecular weight is 263 g/mol. The molecule has 106 valence electrons. The third-order valence-electron chi connectivity index (χ3n) is 3.42. The van der Waals surface area contributed by atoms with Gasteiger partial charge in [0.05, 0.1) is 6.26 Å². The maximum Gasteiger partial charge on any atom is 0.153 e. The van der Waals surface area contributed by atoms with Crippen LogP contribution in [0, 0.1) is 0 Å². The van der Waals surface area contributed by atoms with Crippen LogP contribution in [0.15, 0.2) is 28.5 Å². The van der Waals surface area contributed by atoms with Crippen LogP contribution in [0.3, 0.4) is 0 Å². The molecule has 19 heavy (non-hydrogen) atoms. The Kier molecular flexibility index (Phi) is 7.87. The van der Waals surface area contributed by atoms with Crippen molar-refractivity contribution < 1.29 is 9.90 Å². The van der Waals surface area contributed by atoms with Gasteiger partial charge in [-0.05, 0) is 43.8 Å². The van der Waals surface area contributed by atoms with Gasteiger partial charge >= 0.3 is 0 Å². The quantitative estimate of drug-likeness (QED) is 0.350. The Bertz CT molecular complexity index is 367. The lowest BCUT2D eigenvalue weighted by atomic mass is 9.93. The van der Waals surface area contributed by atoms with Crippen LogP contribution in [0.4, 0.5) is 0 Å². The zero-order valence-corrected chi connectivity index (χ0v) is 11.9. The van der Waals surface area contributed by atoms with Gasteiger partial charge in [-0.15, -0.1) is 0 Å². The molecule has 1 rings (SSSR count). The summed E-state index contributed by atoms with van der Waals surface area (Å²) in [6.07, 6.45) is 12.4. The Balaban J connectivity index is 2.89. The second kappa shape index (κ2) is 9.54. The molecule has 0 aromatic rings. The SMILES string of the molecule is CCCCN=C1CCCCCCC1=CC(C=O)=CO. The molecule has 1 saturated carbocycles. The standard InChI is InChI=1S/C16H25NO2/c1-2-3-10-17-16-9-7-5-4-6-8-15(16)11-14(12-18)13-19/h11-13,18H,2-10H2,1H3. The van der Waals surface area contributed by atoms with Crippen molar-refractivity contribution >= 4 is 12.0 Å². The largest absolute Gasteiger partial charge is 0.515 e. The Morgan fingerprint density at radius 3 is 2.63 bits per heavy atom. The lowest BCUT2D eigenvalue weighted by Crippen LogP contribution is -2.08. The van der Waals surface area contributed by atoms with Crippen molar-refractivity contribution in [3.05, 3.63) is 23.5 Å². The number of aliphatic imine (C=N–C) groups is 1. The number of hydrogen-bond acceptors (Lipinski definition) is 3. The number of aliphatic hydroxyl groups is 1. The van der Waals surface area contributed by atoms with Gasteiger partial charge in [0.2, 0.25) is 0 Å². The Labute approximate surface area is 116 Å². The molecule has 3 heteroatoms. The van der Waals surface area contributed by atoms with Crippen molar-refractivity contribution in [2.75, 3.05) is 6.54 Å². The zero-order valence-electron chi connectivity index (χ0n) is 11.9. The van der Waals surface area contributed by atoms with E-state index in [4.69, 9.17) is 10.1 Å². The average Bonchev–Trinajstić information content (AvgIpc) is 2.41. The summed E-state index contributed by atoms with van der Waals surface area (Å²) >= 11 is 0. The van der Waals surface area contributed by atoms with Crippen LogP contribution < -0.4 is 0 Å². The lowest BCUT2D eigenvalue weighted by Gasteiger charge is -2.15. The maximum atomic E-state index is 10.8. The zero-order chi connectivity index (χ0) is 13.9. The predicted octanol–water partition coefficient (Wildman–Crippen LogP) is 4.15. The van der Waals surface area contributed by atoms with Crippen molar-refractivity contribution in [2.45, 2.75) is 58.3 Å². The van der Waals surface area contributed by atoms with Gasteiger partial charge in [0, 0.05) is 17.8 Å². The van der Waals surface area contributed by atoms with E-state index in [0.29, 0.717) is 11.9 Å². The summed E-state index contributed by atoms with van der Waals surface area (Å²) in [4.78, 5) is 15.5. The lowest BCUT2D eigenvalue weighted by molar-refractivity contribution is -0.104. The fourth-order valence-electron chi connectivity index (χ4n) is 2.28. The van der Waals surface area contributed by atoms with E-state index in [1.54, 1.807) is 6.08 Å². The molecular formula is C16H25NO2. The van der Waals surface area contributed by atoms with Crippen molar-refractivity contribution in [1.29, 1.82) is 0 Å². The first-order valence-electron chi connectivity index (χ1n) is 7.35. The number of allylic oxidation sites excluding steroid dienone is 3. The Morgan fingerprint density at radius 1 is 1.26 bits per heavy atom. The van der Waals surface area contributed by atoms with E-state index in [1.165, 1.54) is 19.3 Å². The second-order valence-electron chi connectivity index (χ2n) is 5.01. The first kappa shape index (κ1) is 15.7. The molecule has 1 fully saturated rings. The minimum Gasteiger partial charge on any atom is -0.515 e. The Morgan fingerprint density at radius 2 is 2.00 bits per heavy atom. The number of aldehydes is 1. The van der Waals surface area contributed by atoms with Crippen molar-refractivity contribution in [2.24, 2.45) is 4.99 Å². The van der Waals surface area contributed by atoms with Gasteiger partial charge in [-0.2, -0.15) is 0 Å². The van der Waals surface area contributed by atoms with Gasteiger partial charge in [0.25, 0.3) is 0 Å². The molecule has 0 radical (unpaired) electrons. The van der Waals surface area contributed by atoms with Gasteiger partial charge in [-0.25, -0.2) is 0 Å². The van der Waals surface area contributed by atoms with Crippen LogP contribution in [-0.4, -0.2) is 23.6 Å². The molecule has 1 N–H and O–H groups in total. The molecule has 0 saturated heterocycles. The summed E-state index contributed by atoms with van der Waals surface area (Å²) in [6, 6.07) is 0. The molecule has 0 spiro atoms. The smallest absolute Gasteiger partial charge is 0.153 e. The van der Waals surface area contributed by atoms with Crippen LogP contribution in [-0.2, 0) is 4.79 Å². The van der Waals surface area contributed by atoms with Gasteiger partial charge in [-0.3, -0.25) is 9.79 Å². The third kappa shape index (κ3) is 5.86. The number of rotatable bonds is 5. The number of carbonyl (C=O) groups is 1. The second-order valence-corrected chi connectivity index (χ2v) is 5.01. The summed E-state index contributed by atoms with van der Waals surface area (Å²) < 4.78 is 0. The number of aliphatic hydroxyl groups excluding tert-OH is 1. The fourth-order valence-corrected chi connectivity index (χ4v) is 2.28. The first-order chi connectivity index (χ1) is 9.31. The summed E-state index contributed by atoms with van der Waals surface area (Å²) in [5.74, 6) is 0. The minimum atomic E-state index is 0.332. The molecule has 0 aliphatic heterocycles. The third-order valence-corrected chi connectivity index (χ3v) is 3.42. The van der Waals surface area contributed by atoms with Crippen molar-refractivity contribution in [3.8, 4) is 0 Å². The molecule has 3 nitrogen and oxygen atoms in total. The number of carbonyl (C=O) groups excluding carboxylic acids is 1. The van der Waals surface area contributed by atoms with Crippen molar-refractivity contribution in [1.82, 2.24) is 0 Å². The highest BCUT2D eigenvalue weighted by molar-refractivity contribution is 6.01. The van der Waals surface area contributed by atoms with E-state index in [-0.39, 0.29) is 0 Å². The molecule has 0 aromatic heterocycles. The normalized spacial score (nSPS) is 22.3. The van der Waals surface area contributed by atoms with Gasteiger partial charge in [0.15, 0.2) is 6.29 Å². The molecular weight excluding hydrogens is 238 g/mol. The van der Waals surface area contributed by atoms with Crippen LogP contribution in [0.2, 0.25) is 0 Å². The highest BCUT2D eigenvalue weighted by Gasteiger charge is 2.11. The molecule has 0 aromatic carbocycles. The topological polar surface area (TPSA) is 49.7 Å². The number of unbranched alkanes of at least 4 members (excludes halogenated alkanes) is 1. The van der Waals surface area contributed by atoms with E-state index < -0.39 is 0 Å². The summed E-state index contributed by atoms with van der Waals surface area (Å²) in [6.45, 7) is 3.02. The minimum absolute atomic E-state index is 0.332. The number of hydrogen-bond donors (Lipinski definition) is 1. The molecule has 1 aliphatic carbocycles. The highest BCUT2D eigenvalue weighted by Crippen LogP contribution is 2.21. The molecule has 1 aliphatic rings. The van der Waals surface area contributed by atoms with Crippen LogP contribution in [0.1, 0.15) is 58.3 Å². The summed E-state index contributed by atoms with van der Waals surface area (Å²) in [5.41, 5.74) is 2.59. The van der Waals surface area contributed by atoms with Crippen LogP contribution in [0.5, 0.6) is 0 Å². The molecule has 0 heterocycles. The molecule has 0 amide bonds. The van der Waals surface area contributed by atoms with E-state index >= 15 is 0 Å². The maximum absolute atomic E-state index is 10.8. The highest BCUT2D eigenvalue weighted by atomic mass is 16.2. The van der Waals surface area contributed by atoms with E-state index in [9.17, 15) is 4.79 Å². The monoisotopic (exact) mass is 263 g/mol. The van der Waals surface area contributed by atoms with Gasteiger partial charge < -0.3 is 5.11 Å². The fraction of sp³-hybridized carbons (Fsp3) is 0.625. The number of nitrogens with zero attached hydrogens (tertiary/aromatic N) is 1. The van der Waals surface area contributed by atoms with Gasteiger partial charge in [-0.1, -0.05) is 26.2 Å². The van der Waals surface area contributed by atoms with E-state index in [0.717, 1.165) is 56.2 Å². The van der Waals surface area contributed by atoms with Crippen LogP contribution >= 0.6 is 0 Å². The molecule has 0 atom stereocenters. The molecule has 0 bridgehead atoms. The summed E-state index contributed by atoms with van der Waals surface area (Å²) in [7, 11) is 0.